The lowest BCUT2D eigenvalue weighted by atomic mass is 9.92. The highest BCUT2D eigenvalue weighted by Crippen LogP contribution is 2.34. The van der Waals surface area contributed by atoms with E-state index in [1.807, 2.05) is 30.3 Å². The fourth-order valence-corrected chi connectivity index (χ4v) is 2.78. The summed E-state index contributed by atoms with van der Waals surface area (Å²) in [6, 6.07) is 9.41. The van der Waals surface area contributed by atoms with Crippen molar-refractivity contribution in [3.63, 3.8) is 0 Å². The molecule has 4 nitrogen and oxygen atoms in total. The third-order valence-corrected chi connectivity index (χ3v) is 3.75. The SMILES string of the molecule is CNC(=O)C1CCCC1CC(=O)Nc1ccccc1. The molecule has 1 fully saturated rings. The number of rotatable bonds is 4. The molecule has 0 aromatic heterocycles. The third kappa shape index (κ3) is 3.56. The predicted molar refractivity (Wildman–Crippen MR) is 74.6 cm³/mol. The molecule has 0 spiro atoms. The van der Waals surface area contributed by atoms with Crippen LogP contribution in [0.25, 0.3) is 0 Å². The van der Waals surface area contributed by atoms with Crippen LogP contribution in [0.15, 0.2) is 30.3 Å². The average molecular weight is 260 g/mol. The van der Waals surface area contributed by atoms with Crippen molar-refractivity contribution in [3.8, 4) is 0 Å². The Bertz CT molecular complexity index is 445. The molecule has 0 radical (unpaired) electrons. The van der Waals surface area contributed by atoms with Gasteiger partial charge >= 0.3 is 0 Å². The second-order valence-corrected chi connectivity index (χ2v) is 5.03. The van der Waals surface area contributed by atoms with Crippen LogP contribution < -0.4 is 10.6 Å². The fraction of sp³-hybridized carbons (Fsp3) is 0.467. The molecule has 2 atom stereocenters. The van der Waals surface area contributed by atoms with Crippen molar-refractivity contribution in [3.05, 3.63) is 30.3 Å². The Balaban J connectivity index is 1.90. The van der Waals surface area contributed by atoms with Crippen molar-refractivity contribution >= 4 is 17.5 Å². The van der Waals surface area contributed by atoms with E-state index in [0.29, 0.717) is 6.42 Å². The summed E-state index contributed by atoms with van der Waals surface area (Å²) in [5.74, 6) is 0.220. The van der Waals surface area contributed by atoms with Gasteiger partial charge in [0, 0.05) is 25.1 Å². The van der Waals surface area contributed by atoms with Gasteiger partial charge in [-0.2, -0.15) is 0 Å². The molecule has 0 bridgehead atoms. The number of benzene rings is 1. The van der Waals surface area contributed by atoms with Gasteiger partial charge in [0.2, 0.25) is 11.8 Å². The smallest absolute Gasteiger partial charge is 0.224 e. The maximum atomic E-state index is 12.0. The number of para-hydroxylation sites is 1. The Kier molecular flexibility index (Phi) is 4.55. The first-order chi connectivity index (χ1) is 9.20. The molecule has 2 N–H and O–H groups in total. The van der Waals surface area contributed by atoms with Gasteiger partial charge in [-0.15, -0.1) is 0 Å². The quantitative estimate of drug-likeness (QED) is 0.871. The van der Waals surface area contributed by atoms with Gasteiger partial charge in [-0.3, -0.25) is 9.59 Å². The Hall–Kier alpha value is -1.84. The largest absolute Gasteiger partial charge is 0.359 e. The van der Waals surface area contributed by atoms with Gasteiger partial charge in [-0.05, 0) is 30.9 Å². The highest BCUT2D eigenvalue weighted by atomic mass is 16.2. The summed E-state index contributed by atoms with van der Waals surface area (Å²) in [6.07, 6.45) is 3.30. The molecule has 0 aliphatic heterocycles. The first-order valence-corrected chi connectivity index (χ1v) is 6.77. The summed E-state index contributed by atoms with van der Waals surface area (Å²) in [4.78, 5) is 23.7. The van der Waals surface area contributed by atoms with Gasteiger partial charge in [-0.1, -0.05) is 24.6 Å². The number of anilines is 1. The molecule has 1 aromatic rings. The number of hydrogen-bond donors (Lipinski definition) is 2. The van der Waals surface area contributed by atoms with Gasteiger partial charge in [0.05, 0.1) is 0 Å². The van der Waals surface area contributed by atoms with E-state index in [9.17, 15) is 9.59 Å². The van der Waals surface area contributed by atoms with E-state index < -0.39 is 0 Å². The molecule has 4 heteroatoms. The summed E-state index contributed by atoms with van der Waals surface area (Å²) in [5.41, 5.74) is 0.807. The summed E-state index contributed by atoms with van der Waals surface area (Å²) >= 11 is 0. The van der Waals surface area contributed by atoms with Crippen molar-refractivity contribution in [2.24, 2.45) is 11.8 Å². The summed E-state index contributed by atoms with van der Waals surface area (Å²) in [5, 5.41) is 5.56. The van der Waals surface area contributed by atoms with Crippen LogP contribution in [-0.4, -0.2) is 18.9 Å². The number of carbonyl (C=O) groups excluding carboxylic acids is 2. The molecular weight excluding hydrogens is 240 g/mol. The van der Waals surface area contributed by atoms with Crippen LogP contribution in [0.3, 0.4) is 0 Å². The minimum atomic E-state index is -0.00785. The Morgan fingerprint density at radius 1 is 1.21 bits per heavy atom. The van der Waals surface area contributed by atoms with Gasteiger partial charge in [-0.25, -0.2) is 0 Å². The highest BCUT2D eigenvalue weighted by molar-refractivity contribution is 5.91. The van der Waals surface area contributed by atoms with E-state index >= 15 is 0 Å². The van der Waals surface area contributed by atoms with Gasteiger partial charge in [0.1, 0.15) is 0 Å². The first-order valence-electron chi connectivity index (χ1n) is 6.77. The van der Waals surface area contributed by atoms with Crippen molar-refractivity contribution in [1.29, 1.82) is 0 Å². The van der Waals surface area contributed by atoms with Gasteiger partial charge < -0.3 is 10.6 Å². The lowest BCUT2D eigenvalue weighted by Gasteiger charge is -2.17. The molecule has 19 heavy (non-hydrogen) atoms. The van der Waals surface area contributed by atoms with E-state index in [-0.39, 0.29) is 23.7 Å². The van der Waals surface area contributed by atoms with E-state index in [2.05, 4.69) is 10.6 Å². The molecule has 1 aromatic carbocycles. The van der Waals surface area contributed by atoms with Crippen LogP contribution in [0.2, 0.25) is 0 Å². The molecule has 2 unspecified atom stereocenters. The summed E-state index contributed by atoms with van der Waals surface area (Å²) < 4.78 is 0. The second kappa shape index (κ2) is 6.36. The number of hydrogen-bond acceptors (Lipinski definition) is 2. The van der Waals surface area contributed by atoms with Crippen LogP contribution in [0.4, 0.5) is 5.69 Å². The topological polar surface area (TPSA) is 58.2 Å². The molecule has 1 aliphatic rings. The third-order valence-electron chi connectivity index (χ3n) is 3.75. The van der Waals surface area contributed by atoms with E-state index in [1.165, 1.54) is 0 Å². The molecule has 1 saturated carbocycles. The predicted octanol–water partition coefficient (Wildman–Crippen LogP) is 2.18. The van der Waals surface area contributed by atoms with Crippen LogP contribution >= 0.6 is 0 Å². The van der Waals surface area contributed by atoms with Crippen LogP contribution in [0.5, 0.6) is 0 Å². The molecule has 0 saturated heterocycles. The summed E-state index contributed by atoms with van der Waals surface area (Å²) in [7, 11) is 1.65. The number of amides is 2. The lowest BCUT2D eigenvalue weighted by molar-refractivity contribution is -0.126. The molecular formula is C15H20N2O2. The minimum Gasteiger partial charge on any atom is -0.359 e. The van der Waals surface area contributed by atoms with Crippen molar-refractivity contribution in [2.45, 2.75) is 25.7 Å². The minimum absolute atomic E-state index is 0.00740. The molecule has 0 heterocycles. The van der Waals surface area contributed by atoms with Gasteiger partial charge in [0.15, 0.2) is 0 Å². The van der Waals surface area contributed by atoms with Crippen LogP contribution in [0, 0.1) is 11.8 Å². The molecule has 2 rings (SSSR count). The lowest BCUT2D eigenvalue weighted by Crippen LogP contribution is -2.31. The zero-order valence-corrected chi connectivity index (χ0v) is 11.2. The number of nitrogens with one attached hydrogen (secondary N) is 2. The first kappa shape index (κ1) is 13.6. The normalized spacial score (nSPS) is 21.9. The summed E-state index contributed by atoms with van der Waals surface area (Å²) in [6.45, 7) is 0. The fourth-order valence-electron chi connectivity index (χ4n) is 2.78. The Morgan fingerprint density at radius 3 is 2.63 bits per heavy atom. The monoisotopic (exact) mass is 260 g/mol. The van der Waals surface area contributed by atoms with Crippen molar-refractivity contribution in [2.75, 3.05) is 12.4 Å². The standard InChI is InChI=1S/C15H20N2O2/c1-16-15(19)13-9-5-6-11(13)10-14(18)17-12-7-3-2-4-8-12/h2-4,7-8,11,13H,5-6,9-10H2,1H3,(H,16,19)(H,17,18). The molecule has 102 valence electrons. The number of carbonyl (C=O) groups is 2. The molecule has 1 aliphatic carbocycles. The van der Waals surface area contributed by atoms with Crippen molar-refractivity contribution < 1.29 is 9.59 Å². The zero-order valence-electron chi connectivity index (χ0n) is 11.2. The molecule has 2 amide bonds. The van der Waals surface area contributed by atoms with E-state index in [1.54, 1.807) is 7.05 Å². The van der Waals surface area contributed by atoms with E-state index in [4.69, 9.17) is 0 Å². The maximum Gasteiger partial charge on any atom is 0.224 e. The maximum absolute atomic E-state index is 12.0. The Labute approximate surface area is 113 Å². The average Bonchev–Trinajstić information content (AvgIpc) is 2.87. The zero-order chi connectivity index (χ0) is 13.7. The van der Waals surface area contributed by atoms with Crippen LogP contribution in [-0.2, 0) is 9.59 Å². The van der Waals surface area contributed by atoms with Crippen LogP contribution in [0.1, 0.15) is 25.7 Å². The van der Waals surface area contributed by atoms with E-state index in [0.717, 1.165) is 24.9 Å². The Morgan fingerprint density at radius 2 is 1.95 bits per heavy atom. The second-order valence-electron chi connectivity index (χ2n) is 5.03. The van der Waals surface area contributed by atoms with Crippen molar-refractivity contribution in [1.82, 2.24) is 5.32 Å². The highest BCUT2D eigenvalue weighted by Gasteiger charge is 2.33. The van der Waals surface area contributed by atoms with Gasteiger partial charge in [0.25, 0.3) is 0 Å².